The number of fused-ring (bicyclic) bond motifs is 1. The molecule has 7 nitrogen and oxygen atoms in total. The zero-order chi connectivity index (χ0) is 43.7. The van der Waals surface area contributed by atoms with Gasteiger partial charge in [-0.1, -0.05) is 172 Å². The van der Waals surface area contributed by atoms with Crippen LogP contribution in [0, 0.1) is 0 Å². The van der Waals surface area contributed by atoms with Crippen LogP contribution in [0.25, 0.3) is 0 Å². The molecule has 0 N–H and O–H groups in total. The number of aromatic nitrogens is 2. The molecule has 7 aromatic rings. The first kappa shape index (κ1) is 44.0. The van der Waals surface area contributed by atoms with Gasteiger partial charge in [0.25, 0.3) is 8.32 Å². The molecule has 0 unspecified atom stereocenters. The molecule has 63 heavy (non-hydrogen) atoms. The third kappa shape index (κ3) is 10.4. The Hall–Kier alpha value is -5.61. The number of hydrogen-bond donors (Lipinski definition) is 0. The predicted molar refractivity (Wildman–Crippen MR) is 254 cm³/mol. The summed E-state index contributed by atoms with van der Waals surface area (Å²) in [4.78, 5) is 5.46. The van der Waals surface area contributed by atoms with Crippen molar-refractivity contribution in [3.8, 4) is 11.5 Å². The van der Waals surface area contributed by atoms with Crippen molar-refractivity contribution in [3.63, 3.8) is 0 Å². The lowest BCUT2D eigenvalue weighted by Gasteiger charge is -2.47. The van der Waals surface area contributed by atoms with Gasteiger partial charge in [-0.25, -0.2) is 4.98 Å². The number of hydrogen-bond acceptors (Lipinski definition) is 6. The van der Waals surface area contributed by atoms with E-state index in [9.17, 15) is 0 Å². The highest BCUT2D eigenvalue weighted by Gasteiger charge is 2.53. The normalized spacial score (nSPS) is 17.7. The summed E-state index contributed by atoms with van der Waals surface area (Å²) in [5, 5.41) is 2.24. The maximum absolute atomic E-state index is 7.75. The Kier molecular flexibility index (Phi) is 14.2. The van der Waals surface area contributed by atoms with Crippen molar-refractivity contribution in [1.29, 1.82) is 0 Å². The molecule has 1 aliphatic heterocycles. The first-order valence-corrected chi connectivity index (χ1v) is 24.2. The molecule has 0 bridgehead atoms. The summed E-state index contributed by atoms with van der Waals surface area (Å²) in [6.07, 6.45) is 2.14. The van der Waals surface area contributed by atoms with E-state index in [-0.39, 0.29) is 17.2 Å². The molecule has 6 aromatic carbocycles. The molecular formula is C55H60N2O5Si. The van der Waals surface area contributed by atoms with Crippen molar-refractivity contribution in [1.82, 2.24) is 9.55 Å². The van der Waals surface area contributed by atoms with E-state index in [2.05, 4.69) is 149 Å². The smallest absolute Gasteiger partial charge is 0.261 e. The molecule has 0 spiro atoms. The van der Waals surface area contributed by atoms with Gasteiger partial charge >= 0.3 is 0 Å². The van der Waals surface area contributed by atoms with E-state index in [1.807, 2.05) is 72.8 Å². The topological polar surface area (TPSA) is 64.0 Å². The minimum absolute atomic E-state index is 0.0992. The predicted octanol–water partition coefficient (Wildman–Crippen LogP) is 11.2. The summed E-state index contributed by atoms with van der Waals surface area (Å²) in [5.74, 6) is 2.44. The number of benzene rings is 6. The quantitative estimate of drug-likeness (QED) is 0.0801. The molecule has 1 aromatic heterocycles. The lowest BCUT2D eigenvalue weighted by Crippen LogP contribution is -2.67. The summed E-state index contributed by atoms with van der Waals surface area (Å²) in [6.45, 7) is 12.3. The standard InChI is InChI=1S/C55H60N2O5Si/c1-41(2)61-51-50(40-60-63(55(3,4)5,48-30-17-9-18-31-48)49-32-19-10-20-33-49)57-37-45(35-34-42-26-21-29-47(36-42)62-46-27-15-8-16-28-46)56-54(57)53(59-39-44-24-13-7-14-25-44)52(51)58-38-43-22-11-6-12-23-43/h6-33,36-37,41,50-53H,34-35,38-40H2,1-5H3/t50-,51-,52+,53-/m1/s1. The van der Waals surface area contributed by atoms with Gasteiger partial charge in [-0.3, -0.25) is 0 Å². The average Bonchev–Trinajstić information content (AvgIpc) is 3.73. The molecule has 0 saturated carbocycles. The van der Waals surface area contributed by atoms with Crippen molar-refractivity contribution < 1.29 is 23.4 Å². The fourth-order valence-corrected chi connectivity index (χ4v) is 13.5. The van der Waals surface area contributed by atoms with E-state index in [1.165, 1.54) is 15.9 Å². The van der Waals surface area contributed by atoms with Crippen LogP contribution in [0.2, 0.25) is 5.04 Å². The maximum atomic E-state index is 7.75. The van der Waals surface area contributed by atoms with Crippen LogP contribution >= 0.6 is 0 Å². The van der Waals surface area contributed by atoms with Gasteiger partial charge in [-0.15, -0.1) is 0 Å². The molecular weight excluding hydrogens is 797 g/mol. The Bertz CT molecular complexity index is 2420. The van der Waals surface area contributed by atoms with Gasteiger partial charge in [-0.2, -0.15) is 0 Å². The van der Waals surface area contributed by atoms with Crippen molar-refractivity contribution in [2.75, 3.05) is 6.61 Å². The largest absolute Gasteiger partial charge is 0.457 e. The van der Waals surface area contributed by atoms with Crippen LogP contribution in [-0.4, -0.2) is 42.8 Å². The monoisotopic (exact) mass is 856 g/mol. The van der Waals surface area contributed by atoms with E-state index < -0.39 is 26.6 Å². The van der Waals surface area contributed by atoms with Crippen LogP contribution in [-0.2, 0) is 44.7 Å². The molecule has 0 fully saturated rings. The van der Waals surface area contributed by atoms with Gasteiger partial charge in [-0.05, 0) is 83.1 Å². The Morgan fingerprint density at radius 2 is 1.11 bits per heavy atom. The number of imidazole rings is 1. The lowest BCUT2D eigenvalue weighted by atomic mass is 9.95. The van der Waals surface area contributed by atoms with Crippen LogP contribution in [0.5, 0.6) is 11.5 Å². The number of aryl methyl sites for hydroxylation is 2. The molecule has 2 heterocycles. The summed E-state index contributed by atoms with van der Waals surface area (Å²) in [6, 6.07) is 60.3. The van der Waals surface area contributed by atoms with E-state index in [4.69, 9.17) is 28.4 Å². The van der Waals surface area contributed by atoms with Crippen LogP contribution in [0.15, 0.2) is 182 Å². The van der Waals surface area contributed by atoms with Crippen molar-refractivity contribution in [2.24, 2.45) is 0 Å². The Labute approximate surface area is 374 Å². The zero-order valence-electron chi connectivity index (χ0n) is 37.2. The second kappa shape index (κ2) is 20.3. The van der Waals surface area contributed by atoms with Crippen LogP contribution in [0.3, 0.4) is 0 Å². The Morgan fingerprint density at radius 3 is 1.68 bits per heavy atom. The third-order valence-electron chi connectivity index (χ3n) is 11.8. The third-order valence-corrected chi connectivity index (χ3v) is 16.9. The van der Waals surface area contributed by atoms with Crippen LogP contribution in [0.1, 0.15) is 75.0 Å². The number of rotatable bonds is 18. The summed E-state index contributed by atoms with van der Waals surface area (Å²) < 4.78 is 37.4. The molecule has 324 valence electrons. The maximum Gasteiger partial charge on any atom is 0.261 e. The average molecular weight is 857 g/mol. The molecule has 1 aliphatic rings. The van der Waals surface area contributed by atoms with Crippen LogP contribution < -0.4 is 15.1 Å². The summed E-state index contributed by atoms with van der Waals surface area (Å²) >= 11 is 0. The molecule has 4 atom stereocenters. The fraction of sp³-hybridized carbons (Fsp3) is 0.291. The van der Waals surface area contributed by atoms with Gasteiger partial charge in [0.2, 0.25) is 0 Å². The van der Waals surface area contributed by atoms with Gasteiger partial charge < -0.3 is 27.9 Å². The Balaban J connectivity index is 1.20. The van der Waals surface area contributed by atoms with Crippen LogP contribution in [0.4, 0.5) is 0 Å². The van der Waals surface area contributed by atoms with Gasteiger partial charge in [0, 0.05) is 6.20 Å². The molecule has 0 saturated heterocycles. The molecule has 0 amide bonds. The summed E-state index contributed by atoms with van der Waals surface area (Å²) in [5.41, 5.74) is 4.29. The van der Waals surface area contributed by atoms with Gasteiger partial charge in [0.15, 0.2) is 0 Å². The highest BCUT2D eigenvalue weighted by Crippen LogP contribution is 2.43. The fourth-order valence-electron chi connectivity index (χ4n) is 8.92. The minimum atomic E-state index is -2.95. The zero-order valence-corrected chi connectivity index (χ0v) is 38.2. The van der Waals surface area contributed by atoms with E-state index in [0.717, 1.165) is 40.6 Å². The molecule has 8 heteroatoms. The Morgan fingerprint density at radius 1 is 0.587 bits per heavy atom. The van der Waals surface area contributed by atoms with Crippen molar-refractivity contribution in [3.05, 3.63) is 210 Å². The van der Waals surface area contributed by atoms with Gasteiger partial charge in [0.05, 0.1) is 37.7 Å². The first-order valence-electron chi connectivity index (χ1n) is 22.3. The SMILES string of the molecule is CC(C)O[C@H]1[C@H](OCc2ccccc2)[C@@H](OCc2ccccc2)c2nc(CCc3cccc(Oc4ccccc4)c3)cn2[C@@H]1CO[Si](c1ccccc1)(c1ccccc1)C(C)(C)C. The number of nitrogens with zero attached hydrogens (tertiary/aromatic N) is 2. The lowest BCUT2D eigenvalue weighted by molar-refractivity contribution is -0.191. The highest BCUT2D eigenvalue weighted by atomic mass is 28.4. The molecule has 0 radical (unpaired) electrons. The van der Waals surface area contributed by atoms with Crippen molar-refractivity contribution in [2.45, 2.75) is 96.2 Å². The van der Waals surface area contributed by atoms with E-state index in [0.29, 0.717) is 26.2 Å². The second-order valence-electron chi connectivity index (χ2n) is 17.7. The number of ether oxygens (including phenoxy) is 4. The first-order chi connectivity index (χ1) is 30.7. The van der Waals surface area contributed by atoms with E-state index in [1.54, 1.807) is 0 Å². The number of para-hydroxylation sites is 1. The minimum Gasteiger partial charge on any atom is -0.457 e. The van der Waals surface area contributed by atoms with Crippen molar-refractivity contribution >= 4 is 18.7 Å². The second-order valence-corrected chi connectivity index (χ2v) is 22.0. The summed E-state index contributed by atoms with van der Waals surface area (Å²) in [7, 11) is -2.95. The molecule has 8 rings (SSSR count). The van der Waals surface area contributed by atoms with Gasteiger partial charge in [0.1, 0.15) is 35.6 Å². The highest BCUT2D eigenvalue weighted by molar-refractivity contribution is 6.99. The molecule has 0 aliphatic carbocycles. The van der Waals surface area contributed by atoms with E-state index >= 15 is 0 Å².